The Morgan fingerprint density at radius 1 is 1.53 bits per heavy atom. The first kappa shape index (κ1) is 13.7. The monoisotopic (exact) mass is 237 g/mol. The van der Waals surface area contributed by atoms with Gasteiger partial charge in [0.1, 0.15) is 5.75 Å². The Morgan fingerprint density at radius 3 is 2.82 bits per heavy atom. The summed E-state index contributed by atoms with van der Waals surface area (Å²) in [6.07, 6.45) is 0.328. The molecule has 0 bridgehead atoms. The van der Waals surface area contributed by atoms with E-state index in [0.29, 0.717) is 6.42 Å². The molecule has 1 rings (SSSR count). The summed E-state index contributed by atoms with van der Waals surface area (Å²) in [4.78, 5) is 11.6. The van der Waals surface area contributed by atoms with Crippen LogP contribution in [0.4, 0.5) is 0 Å². The van der Waals surface area contributed by atoms with Crippen molar-refractivity contribution >= 4 is 5.78 Å². The van der Waals surface area contributed by atoms with Gasteiger partial charge in [-0.1, -0.05) is 19.1 Å². The topological polar surface area (TPSA) is 72.5 Å². The Kier molecular flexibility index (Phi) is 5.12. The van der Waals surface area contributed by atoms with Crippen LogP contribution in [0.25, 0.3) is 0 Å². The fourth-order valence-corrected chi connectivity index (χ4v) is 1.62. The summed E-state index contributed by atoms with van der Waals surface area (Å²) in [5.74, 6) is 0.714. The van der Waals surface area contributed by atoms with E-state index in [9.17, 15) is 4.79 Å². The third-order valence-corrected chi connectivity index (χ3v) is 2.78. The number of nitrogens with two attached hydrogens (primary N) is 1. The van der Waals surface area contributed by atoms with E-state index in [1.165, 1.54) is 0 Å². The van der Waals surface area contributed by atoms with Crippen molar-refractivity contribution in [3.05, 3.63) is 29.8 Å². The van der Waals surface area contributed by atoms with Gasteiger partial charge in [0.25, 0.3) is 0 Å². The molecule has 3 N–H and O–H groups in total. The highest BCUT2D eigenvalue weighted by Gasteiger charge is 2.17. The second-order valence-corrected chi connectivity index (χ2v) is 4.14. The zero-order chi connectivity index (χ0) is 12.8. The lowest BCUT2D eigenvalue weighted by Crippen LogP contribution is -2.34. The summed E-state index contributed by atoms with van der Waals surface area (Å²) in [5, 5.41) is 8.80. The molecule has 0 unspecified atom stereocenters. The Balaban J connectivity index is 2.69. The first-order chi connectivity index (χ1) is 8.08. The van der Waals surface area contributed by atoms with Crippen molar-refractivity contribution in [2.24, 2.45) is 5.73 Å². The van der Waals surface area contributed by atoms with Gasteiger partial charge in [0.05, 0.1) is 19.8 Å². The average Bonchev–Trinajstić information content (AvgIpc) is 2.37. The molecule has 4 heteroatoms. The quantitative estimate of drug-likeness (QED) is 0.776. The predicted molar refractivity (Wildman–Crippen MR) is 66.1 cm³/mol. The van der Waals surface area contributed by atoms with E-state index < -0.39 is 6.04 Å². The van der Waals surface area contributed by atoms with Crippen molar-refractivity contribution in [2.45, 2.75) is 25.3 Å². The van der Waals surface area contributed by atoms with Gasteiger partial charge in [-0.05, 0) is 23.6 Å². The number of methoxy groups -OCH3 is 1. The van der Waals surface area contributed by atoms with E-state index in [1.807, 2.05) is 31.2 Å². The van der Waals surface area contributed by atoms with E-state index in [2.05, 4.69) is 0 Å². The van der Waals surface area contributed by atoms with Gasteiger partial charge in [-0.3, -0.25) is 4.79 Å². The van der Waals surface area contributed by atoms with Crippen molar-refractivity contribution in [3.63, 3.8) is 0 Å². The number of rotatable bonds is 6. The molecular formula is C13H19NO3. The van der Waals surface area contributed by atoms with Crippen LogP contribution in [0, 0.1) is 0 Å². The molecule has 0 aliphatic heterocycles. The normalized spacial score (nSPS) is 14.1. The Hall–Kier alpha value is -1.39. The molecule has 2 atom stereocenters. The first-order valence-electron chi connectivity index (χ1n) is 5.61. The molecule has 0 aliphatic carbocycles. The molecule has 17 heavy (non-hydrogen) atoms. The van der Waals surface area contributed by atoms with Crippen LogP contribution in [-0.4, -0.2) is 30.6 Å². The highest BCUT2D eigenvalue weighted by atomic mass is 16.5. The summed E-state index contributed by atoms with van der Waals surface area (Å²) in [7, 11) is 1.61. The first-order valence-corrected chi connectivity index (χ1v) is 5.61. The minimum Gasteiger partial charge on any atom is -0.497 e. The molecule has 0 heterocycles. The minimum absolute atomic E-state index is 0.0650. The number of Topliss-reactive ketones (excluding diaryl/α,β-unsaturated/α-hetero) is 1. The van der Waals surface area contributed by atoms with Crippen LogP contribution >= 0.6 is 0 Å². The summed E-state index contributed by atoms with van der Waals surface area (Å²) in [6, 6.07) is 6.83. The molecule has 0 saturated heterocycles. The molecule has 1 aromatic rings. The second kappa shape index (κ2) is 6.37. The molecule has 0 aromatic heterocycles. The molecule has 0 aliphatic rings. The number of ketones is 1. The molecule has 4 nitrogen and oxygen atoms in total. The predicted octanol–water partition coefficient (Wildman–Crippen LogP) is 1.08. The number of carbonyl (C=O) groups excluding carboxylic acids is 1. The van der Waals surface area contributed by atoms with Gasteiger partial charge in [0.2, 0.25) is 0 Å². The number of carbonyl (C=O) groups is 1. The standard InChI is InChI=1S/C13H19NO3/c1-9(6-13(16)12(14)8-15)10-4-3-5-11(7-10)17-2/h3-5,7,9,12,15H,6,8,14H2,1-2H3/t9-,12+/m0/s1. The lowest BCUT2D eigenvalue weighted by Gasteiger charge is -2.14. The van der Waals surface area contributed by atoms with Gasteiger partial charge in [-0.15, -0.1) is 0 Å². The summed E-state index contributed by atoms with van der Waals surface area (Å²) >= 11 is 0. The number of aliphatic hydroxyl groups excluding tert-OH is 1. The number of hydrogen-bond acceptors (Lipinski definition) is 4. The zero-order valence-electron chi connectivity index (χ0n) is 10.2. The molecule has 0 radical (unpaired) electrons. The maximum Gasteiger partial charge on any atom is 0.152 e. The average molecular weight is 237 g/mol. The van der Waals surface area contributed by atoms with Gasteiger partial charge in [-0.2, -0.15) is 0 Å². The summed E-state index contributed by atoms with van der Waals surface area (Å²) in [5.41, 5.74) is 6.51. The number of benzene rings is 1. The van der Waals surface area contributed by atoms with Crippen molar-refractivity contribution in [3.8, 4) is 5.75 Å². The van der Waals surface area contributed by atoms with E-state index in [-0.39, 0.29) is 18.3 Å². The van der Waals surface area contributed by atoms with Crippen molar-refractivity contribution in [1.82, 2.24) is 0 Å². The fraction of sp³-hybridized carbons (Fsp3) is 0.462. The third-order valence-electron chi connectivity index (χ3n) is 2.78. The van der Waals surface area contributed by atoms with Crippen LogP contribution in [0.5, 0.6) is 5.75 Å². The van der Waals surface area contributed by atoms with Gasteiger partial charge in [-0.25, -0.2) is 0 Å². The van der Waals surface area contributed by atoms with Gasteiger partial charge < -0.3 is 15.6 Å². The van der Waals surface area contributed by atoms with Gasteiger partial charge >= 0.3 is 0 Å². The molecule has 1 aromatic carbocycles. The Bertz CT molecular complexity index is 379. The van der Waals surface area contributed by atoms with Gasteiger partial charge in [0.15, 0.2) is 5.78 Å². The molecule has 0 amide bonds. The highest BCUT2D eigenvalue weighted by molar-refractivity contribution is 5.84. The molecule has 0 saturated carbocycles. The zero-order valence-corrected chi connectivity index (χ0v) is 10.2. The van der Waals surface area contributed by atoms with E-state index in [0.717, 1.165) is 11.3 Å². The molecule has 0 fully saturated rings. The van der Waals surface area contributed by atoms with Crippen molar-refractivity contribution in [2.75, 3.05) is 13.7 Å². The van der Waals surface area contributed by atoms with Crippen molar-refractivity contribution in [1.29, 1.82) is 0 Å². The third kappa shape index (κ3) is 3.84. The largest absolute Gasteiger partial charge is 0.497 e. The van der Waals surface area contributed by atoms with Crippen LogP contribution in [-0.2, 0) is 4.79 Å². The number of ether oxygens (including phenoxy) is 1. The lowest BCUT2D eigenvalue weighted by atomic mass is 9.93. The molecule has 0 spiro atoms. The number of hydrogen-bond donors (Lipinski definition) is 2. The second-order valence-electron chi connectivity index (χ2n) is 4.14. The van der Waals surface area contributed by atoms with Crippen LogP contribution in [0.1, 0.15) is 24.8 Å². The van der Waals surface area contributed by atoms with Crippen LogP contribution in [0.15, 0.2) is 24.3 Å². The van der Waals surface area contributed by atoms with Gasteiger partial charge in [0, 0.05) is 6.42 Å². The Morgan fingerprint density at radius 2 is 2.24 bits per heavy atom. The SMILES string of the molecule is COc1cccc([C@@H](C)CC(=O)[C@H](N)CO)c1. The fourth-order valence-electron chi connectivity index (χ4n) is 1.62. The number of aliphatic hydroxyl groups is 1. The summed E-state index contributed by atoms with van der Waals surface area (Å²) in [6.45, 7) is 1.65. The molecular weight excluding hydrogens is 218 g/mol. The molecule has 94 valence electrons. The summed E-state index contributed by atoms with van der Waals surface area (Å²) < 4.78 is 5.13. The highest BCUT2D eigenvalue weighted by Crippen LogP contribution is 2.23. The van der Waals surface area contributed by atoms with Crippen LogP contribution in [0.3, 0.4) is 0 Å². The Labute approximate surface area is 101 Å². The van der Waals surface area contributed by atoms with Crippen molar-refractivity contribution < 1.29 is 14.6 Å². The van der Waals surface area contributed by atoms with Crippen LogP contribution < -0.4 is 10.5 Å². The maximum absolute atomic E-state index is 11.6. The lowest BCUT2D eigenvalue weighted by molar-refractivity contribution is -0.121. The maximum atomic E-state index is 11.6. The van der Waals surface area contributed by atoms with Crippen LogP contribution in [0.2, 0.25) is 0 Å². The van der Waals surface area contributed by atoms with E-state index >= 15 is 0 Å². The van der Waals surface area contributed by atoms with E-state index in [1.54, 1.807) is 7.11 Å². The van der Waals surface area contributed by atoms with E-state index in [4.69, 9.17) is 15.6 Å². The minimum atomic E-state index is -0.775. The smallest absolute Gasteiger partial charge is 0.152 e.